The maximum absolute atomic E-state index is 13.2. The zero-order valence-corrected chi connectivity index (χ0v) is 19.6. The number of benzene rings is 3. The van der Waals surface area contributed by atoms with Crippen molar-refractivity contribution in [1.29, 1.82) is 0 Å². The quantitative estimate of drug-likeness (QED) is 0.308. The lowest BCUT2D eigenvalue weighted by Gasteiger charge is -2.36. The SMILES string of the molecule is FC(F)(F)C1=CC=C(N(c2ccccc2)C2C=CC(c3ccc4[nH]c5ccccc5c4c3)=CC2)CC1. The third-order valence-electron chi connectivity index (χ3n) is 7.08. The molecule has 2 nitrogen and oxygen atoms in total. The second-order valence-electron chi connectivity index (χ2n) is 9.31. The molecule has 0 radical (unpaired) electrons. The first-order valence-electron chi connectivity index (χ1n) is 12.2. The van der Waals surface area contributed by atoms with Crippen LogP contribution in [0.15, 0.2) is 114 Å². The van der Waals surface area contributed by atoms with Crippen LogP contribution in [0, 0.1) is 0 Å². The molecule has 1 atom stereocenters. The molecule has 3 aromatic carbocycles. The molecule has 0 fully saturated rings. The van der Waals surface area contributed by atoms with Gasteiger partial charge in [0.1, 0.15) is 0 Å². The predicted octanol–water partition coefficient (Wildman–Crippen LogP) is 8.71. The molecule has 5 heteroatoms. The largest absolute Gasteiger partial charge is 0.412 e. The lowest BCUT2D eigenvalue weighted by molar-refractivity contribution is -0.0941. The van der Waals surface area contributed by atoms with Gasteiger partial charge in [0.15, 0.2) is 0 Å². The topological polar surface area (TPSA) is 19.0 Å². The van der Waals surface area contributed by atoms with Gasteiger partial charge >= 0.3 is 6.18 Å². The Morgan fingerprint density at radius 2 is 1.58 bits per heavy atom. The molecule has 1 unspecified atom stereocenters. The minimum atomic E-state index is -4.27. The first-order chi connectivity index (χ1) is 17.5. The number of anilines is 1. The summed E-state index contributed by atoms with van der Waals surface area (Å²) in [5, 5.41) is 2.41. The molecule has 0 saturated heterocycles. The molecular weight excluding hydrogens is 457 g/mol. The van der Waals surface area contributed by atoms with Crippen molar-refractivity contribution >= 4 is 33.1 Å². The number of fused-ring (bicyclic) bond motifs is 3. The maximum Gasteiger partial charge on any atom is 0.412 e. The van der Waals surface area contributed by atoms with Crippen molar-refractivity contribution < 1.29 is 13.2 Å². The minimum Gasteiger partial charge on any atom is -0.355 e. The highest BCUT2D eigenvalue weighted by Gasteiger charge is 2.35. The van der Waals surface area contributed by atoms with Crippen LogP contribution >= 0.6 is 0 Å². The molecule has 180 valence electrons. The smallest absolute Gasteiger partial charge is 0.355 e. The molecule has 1 heterocycles. The van der Waals surface area contributed by atoms with Gasteiger partial charge in [-0.15, -0.1) is 0 Å². The molecule has 2 aliphatic carbocycles. The summed E-state index contributed by atoms with van der Waals surface area (Å²) in [6, 6.07) is 24.7. The Labute approximate surface area is 207 Å². The van der Waals surface area contributed by atoms with Crippen molar-refractivity contribution in [2.75, 3.05) is 4.90 Å². The number of allylic oxidation sites excluding steroid dienone is 6. The molecule has 4 aromatic rings. The minimum absolute atomic E-state index is 0.000819. The van der Waals surface area contributed by atoms with Crippen molar-refractivity contribution in [2.24, 2.45) is 0 Å². The molecule has 0 aliphatic heterocycles. The Bertz CT molecular complexity index is 1550. The number of rotatable bonds is 4. The second kappa shape index (κ2) is 8.90. The van der Waals surface area contributed by atoms with Gasteiger partial charge in [-0.25, -0.2) is 0 Å². The summed E-state index contributed by atoms with van der Waals surface area (Å²) >= 11 is 0. The maximum atomic E-state index is 13.2. The van der Waals surface area contributed by atoms with E-state index in [0.29, 0.717) is 6.42 Å². The fourth-order valence-corrected chi connectivity index (χ4v) is 5.26. The average molecular weight is 483 g/mol. The molecule has 0 bridgehead atoms. The number of para-hydroxylation sites is 2. The zero-order valence-electron chi connectivity index (χ0n) is 19.6. The van der Waals surface area contributed by atoms with Crippen LogP contribution in [0.2, 0.25) is 0 Å². The molecule has 0 amide bonds. The van der Waals surface area contributed by atoms with Gasteiger partial charge in [-0.05, 0) is 66.8 Å². The normalized spacial score (nSPS) is 18.2. The van der Waals surface area contributed by atoms with Crippen molar-refractivity contribution in [2.45, 2.75) is 31.5 Å². The lowest BCUT2D eigenvalue weighted by Crippen LogP contribution is -2.34. The van der Waals surface area contributed by atoms with Gasteiger partial charge in [-0.3, -0.25) is 0 Å². The third-order valence-corrected chi connectivity index (χ3v) is 7.08. The molecule has 1 aromatic heterocycles. The molecule has 6 rings (SSSR count). The van der Waals surface area contributed by atoms with E-state index in [1.807, 2.05) is 36.4 Å². The second-order valence-corrected chi connectivity index (χ2v) is 9.31. The van der Waals surface area contributed by atoms with Crippen LogP contribution in [0.3, 0.4) is 0 Å². The number of alkyl halides is 3. The number of aromatic amines is 1. The number of H-pyrrole nitrogens is 1. The van der Waals surface area contributed by atoms with Gasteiger partial charge in [0.2, 0.25) is 0 Å². The molecule has 0 spiro atoms. The number of aromatic nitrogens is 1. The van der Waals surface area contributed by atoms with Gasteiger partial charge in [-0.2, -0.15) is 13.2 Å². The number of halogens is 3. The van der Waals surface area contributed by atoms with Crippen LogP contribution in [0.4, 0.5) is 18.9 Å². The zero-order chi connectivity index (χ0) is 24.7. The van der Waals surface area contributed by atoms with Gasteiger partial charge in [-0.1, -0.05) is 66.8 Å². The molecule has 0 saturated carbocycles. The van der Waals surface area contributed by atoms with E-state index in [1.165, 1.54) is 16.8 Å². The van der Waals surface area contributed by atoms with Crippen LogP contribution in [0.25, 0.3) is 27.4 Å². The summed E-state index contributed by atoms with van der Waals surface area (Å²) in [7, 11) is 0. The van der Waals surface area contributed by atoms with Gasteiger partial charge in [0.05, 0.1) is 6.04 Å². The number of nitrogens with one attached hydrogen (secondary N) is 1. The number of nitrogens with zero attached hydrogens (tertiary/aromatic N) is 1. The Hall–Kier alpha value is -3.99. The van der Waals surface area contributed by atoms with Crippen molar-refractivity contribution in [3.8, 4) is 0 Å². The summed E-state index contributed by atoms with van der Waals surface area (Å²) in [5.41, 5.74) is 5.98. The number of hydrogen-bond donors (Lipinski definition) is 1. The van der Waals surface area contributed by atoms with Crippen LogP contribution in [0.1, 0.15) is 24.8 Å². The Kier molecular flexibility index (Phi) is 5.56. The van der Waals surface area contributed by atoms with E-state index in [1.54, 1.807) is 6.08 Å². The first-order valence-corrected chi connectivity index (χ1v) is 12.2. The van der Waals surface area contributed by atoms with E-state index in [-0.39, 0.29) is 12.5 Å². The number of hydrogen-bond acceptors (Lipinski definition) is 1. The summed E-state index contributed by atoms with van der Waals surface area (Å²) in [4.78, 5) is 5.65. The van der Waals surface area contributed by atoms with E-state index in [4.69, 9.17) is 0 Å². The van der Waals surface area contributed by atoms with Crippen molar-refractivity contribution in [3.05, 3.63) is 120 Å². The van der Waals surface area contributed by atoms with E-state index in [0.717, 1.165) is 40.0 Å². The van der Waals surface area contributed by atoms with E-state index >= 15 is 0 Å². The average Bonchev–Trinajstić information content (AvgIpc) is 3.28. The highest BCUT2D eigenvalue weighted by Crippen LogP contribution is 2.37. The lowest BCUT2D eigenvalue weighted by atomic mass is 9.93. The Morgan fingerprint density at radius 3 is 2.31 bits per heavy atom. The van der Waals surface area contributed by atoms with E-state index in [9.17, 15) is 13.2 Å². The molecule has 2 aliphatic rings. The fraction of sp³-hybridized carbons (Fsp3) is 0.161. The van der Waals surface area contributed by atoms with Gasteiger partial charge in [0.25, 0.3) is 0 Å². The molecule has 1 N–H and O–H groups in total. The monoisotopic (exact) mass is 482 g/mol. The van der Waals surface area contributed by atoms with Crippen LogP contribution < -0.4 is 4.90 Å². The highest BCUT2D eigenvalue weighted by atomic mass is 19.4. The van der Waals surface area contributed by atoms with Crippen molar-refractivity contribution in [1.82, 2.24) is 4.98 Å². The highest BCUT2D eigenvalue weighted by molar-refractivity contribution is 6.08. The van der Waals surface area contributed by atoms with Crippen LogP contribution in [-0.4, -0.2) is 17.2 Å². The van der Waals surface area contributed by atoms with Crippen LogP contribution in [0.5, 0.6) is 0 Å². The summed E-state index contributed by atoms with van der Waals surface area (Å²) in [6.07, 6.45) is 6.27. The summed E-state index contributed by atoms with van der Waals surface area (Å²) in [5.74, 6) is 0. The van der Waals surface area contributed by atoms with Crippen LogP contribution in [-0.2, 0) is 0 Å². The van der Waals surface area contributed by atoms with Gasteiger partial charge < -0.3 is 9.88 Å². The fourth-order valence-electron chi connectivity index (χ4n) is 5.26. The van der Waals surface area contributed by atoms with E-state index in [2.05, 4.69) is 64.5 Å². The standard InChI is InChI=1S/C31H25F3N2/c32-31(33,34)23-13-17-26(18-14-23)36(24-6-2-1-3-7-24)25-15-10-21(11-16-25)22-12-19-30-28(20-22)27-8-4-5-9-29(27)35-30/h1-13,15,17,19-20,25,35H,14,16,18H2. The van der Waals surface area contributed by atoms with E-state index < -0.39 is 11.7 Å². The Morgan fingerprint density at radius 1 is 0.806 bits per heavy atom. The predicted molar refractivity (Wildman–Crippen MR) is 142 cm³/mol. The van der Waals surface area contributed by atoms with Crippen molar-refractivity contribution in [3.63, 3.8) is 0 Å². The molecular formula is C31H25F3N2. The summed E-state index contributed by atoms with van der Waals surface area (Å²) < 4.78 is 39.5. The Balaban J connectivity index is 1.30. The third kappa shape index (κ3) is 4.15. The van der Waals surface area contributed by atoms with Gasteiger partial charge in [0, 0.05) is 38.8 Å². The first kappa shape index (κ1) is 22.5. The molecule has 36 heavy (non-hydrogen) atoms. The summed E-state index contributed by atoms with van der Waals surface area (Å²) in [6.45, 7) is 0.